The topological polar surface area (TPSA) is 111 Å². The molecule has 3 saturated heterocycles. The van der Waals surface area contributed by atoms with E-state index in [9.17, 15) is 19.0 Å². The number of morpholine rings is 1. The Labute approximate surface area is 303 Å². The second kappa shape index (κ2) is 15.3. The fourth-order valence-corrected chi connectivity index (χ4v) is 9.93. The van der Waals surface area contributed by atoms with E-state index < -0.39 is 29.9 Å². The van der Waals surface area contributed by atoms with Crippen LogP contribution in [0.25, 0.3) is 0 Å². The van der Waals surface area contributed by atoms with E-state index in [0.717, 1.165) is 61.8 Å². The molecular formula is C39H47ClN5O5P. The lowest BCUT2D eigenvalue weighted by atomic mass is 9.75. The van der Waals surface area contributed by atoms with Gasteiger partial charge in [0.25, 0.3) is 5.56 Å². The Morgan fingerprint density at radius 1 is 0.843 bits per heavy atom. The first-order chi connectivity index (χ1) is 24.6. The monoisotopic (exact) mass is 731 g/mol. The number of ether oxygens (including phenoxy) is 1. The van der Waals surface area contributed by atoms with Crippen LogP contribution in [-0.2, 0) is 14.8 Å². The van der Waals surface area contributed by atoms with Crippen LogP contribution in [-0.4, -0.2) is 79.8 Å². The number of hydrogen-bond acceptors (Lipinski definition) is 6. The molecule has 3 aliphatic heterocycles. The number of hydrogen-bond donors (Lipinski definition) is 2. The van der Waals surface area contributed by atoms with Gasteiger partial charge in [0.2, 0.25) is 0 Å². The van der Waals surface area contributed by atoms with E-state index in [-0.39, 0.29) is 18.2 Å². The second-order valence-electron chi connectivity index (χ2n) is 14.2. The number of H-pyrrole nitrogens is 1. The molecule has 4 aromatic rings. The first-order valence-electron chi connectivity index (χ1n) is 18.1. The van der Waals surface area contributed by atoms with Crippen molar-refractivity contribution in [2.24, 2.45) is 0 Å². The molecule has 3 fully saturated rings. The van der Waals surface area contributed by atoms with Crippen LogP contribution in [0.3, 0.4) is 0 Å². The van der Waals surface area contributed by atoms with Crippen molar-refractivity contribution in [3.8, 4) is 0 Å². The van der Waals surface area contributed by atoms with Crippen molar-refractivity contribution in [3.63, 3.8) is 0 Å². The van der Waals surface area contributed by atoms with Crippen molar-refractivity contribution >= 4 is 18.1 Å². The number of aromatic amines is 1. The maximum atomic E-state index is 13.5. The molecule has 270 valence electrons. The molecule has 51 heavy (non-hydrogen) atoms. The Morgan fingerprint density at radius 2 is 1.41 bits per heavy atom. The highest BCUT2D eigenvalue weighted by atomic mass is 35.7. The molecule has 12 heteroatoms. The summed E-state index contributed by atoms with van der Waals surface area (Å²) in [5.74, 6) is 0. The van der Waals surface area contributed by atoms with Gasteiger partial charge in [-0.05, 0) is 73.5 Å². The summed E-state index contributed by atoms with van der Waals surface area (Å²) in [4.78, 5) is 43.5. The van der Waals surface area contributed by atoms with Gasteiger partial charge in [0, 0.05) is 50.0 Å². The van der Waals surface area contributed by atoms with Gasteiger partial charge in [0.1, 0.15) is 0 Å². The normalized spacial score (nSPS) is 24.3. The zero-order valence-corrected chi connectivity index (χ0v) is 30.7. The number of halogens is 1. The molecule has 0 amide bonds. The van der Waals surface area contributed by atoms with Crippen molar-refractivity contribution < 1.29 is 14.2 Å². The van der Waals surface area contributed by atoms with E-state index >= 15 is 0 Å². The van der Waals surface area contributed by atoms with Gasteiger partial charge in [-0.1, -0.05) is 97.4 Å². The summed E-state index contributed by atoms with van der Waals surface area (Å²) < 4.78 is 22.2. The Bertz CT molecular complexity index is 1830. The predicted octanol–water partition coefficient (Wildman–Crippen LogP) is 6.08. The lowest BCUT2D eigenvalue weighted by Gasteiger charge is -2.52. The Balaban J connectivity index is 1.30. The molecule has 0 aliphatic carbocycles. The molecule has 4 unspecified atom stereocenters. The van der Waals surface area contributed by atoms with Gasteiger partial charge in [0.15, 0.2) is 6.23 Å². The first-order valence-corrected chi connectivity index (χ1v) is 20.6. The van der Waals surface area contributed by atoms with Crippen molar-refractivity contribution in [3.05, 3.63) is 140 Å². The smallest absolute Gasteiger partial charge is 0.352 e. The van der Waals surface area contributed by atoms with E-state index in [2.05, 4.69) is 87.6 Å². The van der Waals surface area contributed by atoms with Gasteiger partial charge in [-0.15, -0.1) is 0 Å². The lowest BCUT2D eigenvalue weighted by molar-refractivity contribution is -0.148. The molecule has 0 radical (unpaired) electrons. The van der Waals surface area contributed by atoms with E-state index in [4.69, 9.17) is 16.0 Å². The molecule has 7 rings (SSSR count). The number of likely N-dealkylation sites (tertiary alicyclic amines) is 1. The summed E-state index contributed by atoms with van der Waals surface area (Å²) in [6.45, 7) is 0.868. The van der Waals surface area contributed by atoms with Gasteiger partial charge >= 0.3 is 12.6 Å². The maximum absolute atomic E-state index is 13.5. The molecule has 3 aliphatic rings. The Hall–Kier alpha value is -3.34. The van der Waals surface area contributed by atoms with Crippen LogP contribution in [0.5, 0.6) is 0 Å². The first kappa shape index (κ1) is 36.0. The minimum Gasteiger partial charge on any atom is -0.352 e. The number of aryl methyl sites for hydroxylation is 1. The average molecular weight is 732 g/mol. The minimum atomic E-state index is -3.79. The van der Waals surface area contributed by atoms with Crippen LogP contribution < -0.4 is 11.2 Å². The number of rotatable bonds is 9. The molecule has 0 saturated carbocycles. The molecular weight excluding hydrogens is 685 g/mol. The van der Waals surface area contributed by atoms with Crippen LogP contribution >= 0.6 is 18.1 Å². The Kier molecular flexibility index (Phi) is 10.8. The summed E-state index contributed by atoms with van der Waals surface area (Å²) in [5, 5.41) is 0. The zero-order valence-electron chi connectivity index (χ0n) is 29.0. The average Bonchev–Trinajstić information content (AvgIpc) is 3.15. The van der Waals surface area contributed by atoms with E-state index in [1.807, 2.05) is 18.2 Å². The summed E-state index contributed by atoms with van der Waals surface area (Å²) in [6.07, 6.45) is 6.28. The highest BCUT2D eigenvalue weighted by molar-refractivity contribution is 7.82. The summed E-state index contributed by atoms with van der Waals surface area (Å²) in [6, 6.07) is 32.1. The largest absolute Gasteiger partial charge is 0.360 e. The summed E-state index contributed by atoms with van der Waals surface area (Å²) >= 11 is 5.84. The number of nitrogens with one attached hydrogen (secondary N) is 1. The Morgan fingerprint density at radius 3 is 1.96 bits per heavy atom. The fourth-order valence-electron chi connectivity index (χ4n) is 8.75. The maximum Gasteiger partial charge on any atom is 0.360 e. The van der Waals surface area contributed by atoms with E-state index in [1.165, 1.54) is 4.67 Å². The molecule has 0 spiro atoms. The number of nitrogens with zero attached hydrogens (tertiary/aromatic N) is 4. The number of benzene rings is 3. The van der Waals surface area contributed by atoms with E-state index in [0.29, 0.717) is 31.7 Å². The van der Waals surface area contributed by atoms with Crippen LogP contribution in [0, 0.1) is 6.92 Å². The standard InChI is InChI=1S/C39H47ClN5O5P/c1-29-26-45(38(47)41-37(29)46)36-28-42(39(30-13-5-2-6-14-30,31-15-7-3-8-16-31)32-17-9-4-10-18-32)27-35(50-36)25-34-19-11-12-22-44(34)33-20-23-43(24-21-33)51(40,48)49/h2-10,13-18,26,33-36H,11-12,19-25,27-28H2,1H3,(H,48,49)(H,41,46,47). The molecule has 4 heterocycles. The van der Waals surface area contributed by atoms with E-state index in [1.54, 1.807) is 17.7 Å². The molecule has 10 nitrogen and oxygen atoms in total. The van der Waals surface area contributed by atoms with Gasteiger partial charge in [-0.2, -0.15) is 0 Å². The number of piperidine rings is 2. The summed E-state index contributed by atoms with van der Waals surface area (Å²) in [5.41, 5.74) is 2.16. The lowest BCUT2D eigenvalue weighted by Crippen LogP contribution is -2.59. The molecule has 0 bridgehead atoms. The van der Waals surface area contributed by atoms with Gasteiger partial charge in [-0.25, -0.2) is 9.46 Å². The highest BCUT2D eigenvalue weighted by Gasteiger charge is 2.47. The van der Waals surface area contributed by atoms with Crippen LogP contribution in [0.2, 0.25) is 0 Å². The molecule has 1 aromatic heterocycles. The number of aromatic nitrogens is 2. The molecule has 3 aromatic carbocycles. The quantitative estimate of drug-likeness (QED) is 0.157. The second-order valence-corrected chi connectivity index (χ2v) is 17.0. The predicted molar refractivity (Wildman–Crippen MR) is 200 cm³/mol. The summed E-state index contributed by atoms with van der Waals surface area (Å²) in [7, 11) is 0. The van der Waals surface area contributed by atoms with Gasteiger partial charge < -0.3 is 9.63 Å². The third-order valence-corrected chi connectivity index (χ3v) is 12.9. The van der Waals surface area contributed by atoms with Crippen molar-refractivity contribution in [1.82, 2.24) is 24.0 Å². The molecule has 2 N–H and O–H groups in total. The van der Waals surface area contributed by atoms with Crippen molar-refractivity contribution in [1.29, 1.82) is 0 Å². The molecule has 4 atom stereocenters. The third kappa shape index (κ3) is 7.46. The fraction of sp³-hybridized carbons (Fsp3) is 0.436. The SMILES string of the molecule is Cc1cn(C2CN(C(c3ccccc3)(c3ccccc3)c3ccccc3)CC(CC3CCCCN3C3CCN(P(=O)(O)Cl)CC3)O2)c(=O)[nH]c1=O. The third-order valence-electron chi connectivity index (χ3n) is 11.1. The van der Waals surface area contributed by atoms with Crippen LogP contribution in [0.4, 0.5) is 0 Å². The van der Waals surface area contributed by atoms with Crippen molar-refractivity contribution in [2.45, 2.75) is 75.4 Å². The van der Waals surface area contributed by atoms with Gasteiger partial charge in [0.05, 0.1) is 11.6 Å². The van der Waals surface area contributed by atoms with Crippen molar-refractivity contribution in [2.75, 3.05) is 32.7 Å². The highest BCUT2D eigenvalue weighted by Crippen LogP contribution is 2.52. The van der Waals surface area contributed by atoms with Gasteiger partial charge in [-0.3, -0.25) is 28.7 Å². The van der Waals surface area contributed by atoms with Crippen LogP contribution in [0.1, 0.15) is 67.0 Å². The zero-order chi connectivity index (χ0) is 35.6. The minimum absolute atomic E-state index is 0.242. The van der Waals surface area contributed by atoms with Crippen LogP contribution in [0.15, 0.2) is 107 Å².